The number of carbonyl (C=O) groups is 1. The van der Waals surface area contributed by atoms with Crippen molar-refractivity contribution in [3.8, 4) is 0 Å². The highest BCUT2D eigenvalue weighted by atomic mass is 32.2. The number of fused-ring (bicyclic) bond motifs is 2. The molecule has 3 atom stereocenters. The van der Waals surface area contributed by atoms with Crippen LogP contribution < -0.4 is 0 Å². The Kier molecular flexibility index (Phi) is 2.83. The van der Waals surface area contributed by atoms with Gasteiger partial charge in [-0.1, -0.05) is 12.0 Å². The van der Waals surface area contributed by atoms with Gasteiger partial charge >= 0.3 is 0 Å². The number of carbonyl (C=O) groups excluding carboxylic acids is 1. The lowest BCUT2D eigenvalue weighted by Crippen LogP contribution is -2.26. The van der Waals surface area contributed by atoms with Gasteiger partial charge in [-0.25, -0.2) is 5.26 Å². The lowest BCUT2D eigenvalue weighted by atomic mass is 9.82. The van der Waals surface area contributed by atoms with Crippen LogP contribution in [-0.4, -0.2) is 16.8 Å². The average molecular weight is 218 g/mol. The fourth-order valence-electron chi connectivity index (χ4n) is 2.95. The first-order valence-electron chi connectivity index (χ1n) is 4.81. The molecule has 3 unspecified atom stereocenters. The lowest BCUT2D eigenvalue weighted by molar-refractivity contribution is -0.432. The third-order valence-corrected chi connectivity index (χ3v) is 4.71. The molecule has 80 valence electrons. The molecular weight excluding hydrogens is 204 g/mol. The molecule has 14 heavy (non-hydrogen) atoms. The van der Waals surface area contributed by atoms with Gasteiger partial charge in [0.2, 0.25) is 0 Å². The Hall–Kier alpha value is -0.100. The maximum Gasteiger partial charge on any atom is 0.136 e. The fourth-order valence-corrected chi connectivity index (χ4v) is 3.73. The van der Waals surface area contributed by atoms with Crippen molar-refractivity contribution in [3.05, 3.63) is 0 Å². The predicted octanol–water partition coefficient (Wildman–Crippen LogP) is 2.06. The fraction of sp³-hybridized carbons (Fsp3) is 0.889. The van der Waals surface area contributed by atoms with E-state index in [1.54, 1.807) is 0 Å². The highest BCUT2D eigenvalue weighted by Crippen LogP contribution is 2.57. The Morgan fingerprint density at radius 2 is 2.43 bits per heavy atom. The molecular formula is C9H14O4S. The van der Waals surface area contributed by atoms with Crippen LogP contribution in [0.2, 0.25) is 0 Å². The molecule has 5 heteroatoms. The maximum absolute atomic E-state index is 11.6. The van der Waals surface area contributed by atoms with Gasteiger partial charge in [-0.3, -0.25) is 4.79 Å². The summed E-state index contributed by atoms with van der Waals surface area (Å²) in [6.45, 7) is 2.13. The van der Waals surface area contributed by atoms with Crippen molar-refractivity contribution >= 4 is 17.8 Å². The van der Waals surface area contributed by atoms with Crippen LogP contribution in [0, 0.1) is 17.3 Å². The summed E-state index contributed by atoms with van der Waals surface area (Å²) in [5, 5.41) is 11.6. The molecule has 1 N–H and O–H groups in total. The molecule has 0 aromatic carbocycles. The average Bonchev–Trinajstić information content (AvgIpc) is 2.57. The summed E-state index contributed by atoms with van der Waals surface area (Å²) >= 11 is 1.07. The van der Waals surface area contributed by atoms with Gasteiger partial charge in [-0.15, -0.1) is 4.33 Å². The monoisotopic (exact) mass is 218 g/mol. The Morgan fingerprint density at radius 1 is 1.64 bits per heavy atom. The first-order valence-corrected chi connectivity index (χ1v) is 5.72. The third kappa shape index (κ3) is 1.48. The molecule has 2 bridgehead atoms. The zero-order chi connectivity index (χ0) is 10.2. The molecule has 2 aliphatic carbocycles. The minimum absolute atomic E-state index is 0.0419. The number of hydrogen-bond acceptors (Lipinski definition) is 5. The molecule has 0 spiro atoms. The second-order valence-corrected chi connectivity index (χ2v) is 5.07. The van der Waals surface area contributed by atoms with E-state index in [0.717, 1.165) is 31.3 Å². The van der Waals surface area contributed by atoms with E-state index in [9.17, 15) is 4.79 Å². The van der Waals surface area contributed by atoms with Crippen LogP contribution >= 0.6 is 12.0 Å². The van der Waals surface area contributed by atoms with E-state index in [2.05, 4.69) is 16.3 Å². The SMILES string of the molecule is CC1(CSOOO)C2CCC1C(=O)C2. The molecule has 0 aromatic rings. The smallest absolute Gasteiger partial charge is 0.136 e. The summed E-state index contributed by atoms with van der Waals surface area (Å²) in [5.41, 5.74) is 0.0419. The standard InChI is InChI=1S/C9H14O4S/c1-9(5-14-13-12-11)6-2-3-7(9)8(10)4-6/h6-7,11H,2-5H2,1H3. The molecule has 2 rings (SSSR count). The van der Waals surface area contributed by atoms with Crippen LogP contribution in [0.5, 0.6) is 0 Å². The van der Waals surface area contributed by atoms with E-state index in [-0.39, 0.29) is 11.3 Å². The predicted molar refractivity (Wildman–Crippen MR) is 51.2 cm³/mol. The lowest BCUT2D eigenvalue weighted by Gasteiger charge is -2.27. The van der Waals surface area contributed by atoms with Gasteiger partial charge in [-0.05, 0) is 24.2 Å². The highest BCUT2D eigenvalue weighted by Gasteiger charge is 2.55. The van der Waals surface area contributed by atoms with Gasteiger partial charge in [0.25, 0.3) is 0 Å². The van der Waals surface area contributed by atoms with Crippen molar-refractivity contribution in [1.29, 1.82) is 0 Å². The second kappa shape index (κ2) is 3.81. The van der Waals surface area contributed by atoms with Gasteiger partial charge in [-0.2, -0.15) is 0 Å². The number of rotatable bonds is 4. The van der Waals surface area contributed by atoms with Gasteiger partial charge < -0.3 is 0 Å². The Labute approximate surface area is 87.0 Å². The highest BCUT2D eigenvalue weighted by molar-refractivity contribution is 7.94. The zero-order valence-corrected chi connectivity index (χ0v) is 8.88. The van der Waals surface area contributed by atoms with Crippen LogP contribution in [-0.2, 0) is 14.2 Å². The molecule has 0 aromatic heterocycles. The number of ketones is 1. The molecule has 0 amide bonds. The molecule has 2 fully saturated rings. The second-order valence-electron chi connectivity index (χ2n) is 4.41. The number of hydrogen-bond donors (Lipinski definition) is 1. The zero-order valence-electron chi connectivity index (χ0n) is 8.06. The maximum atomic E-state index is 11.6. The molecule has 0 radical (unpaired) electrons. The van der Waals surface area contributed by atoms with Crippen LogP contribution in [0.25, 0.3) is 0 Å². The van der Waals surface area contributed by atoms with Crippen molar-refractivity contribution in [2.24, 2.45) is 17.3 Å². The summed E-state index contributed by atoms with van der Waals surface area (Å²) in [4.78, 5) is 11.6. The van der Waals surface area contributed by atoms with E-state index < -0.39 is 0 Å². The molecule has 0 saturated heterocycles. The summed E-state index contributed by atoms with van der Waals surface area (Å²) in [5.74, 6) is 1.79. The summed E-state index contributed by atoms with van der Waals surface area (Å²) < 4.78 is 4.38. The summed E-state index contributed by atoms with van der Waals surface area (Å²) in [6.07, 6.45) is 2.88. The largest absolute Gasteiger partial charge is 0.299 e. The van der Waals surface area contributed by atoms with E-state index in [4.69, 9.17) is 5.26 Å². The van der Waals surface area contributed by atoms with Gasteiger partial charge in [0.05, 0.1) is 0 Å². The van der Waals surface area contributed by atoms with Gasteiger partial charge in [0.1, 0.15) is 5.78 Å². The van der Waals surface area contributed by atoms with Crippen LogP contribution in [0.4, 0.5) is 0 Å². The Balaban J connectivity index is 1.98. The molecule has 0 heterocycles. The van der Waals surface area contributed by atoms with Crippen molar-refractivity contribution in [2.45, 2.75) is 26.2 Å². The normalized spacial score (nSPS) is 40.9. The summed E-state index contributed by atoms with van der Waals surface area (Å²) in [6, 6.07) is 0. The van der Waals surface area contributed by atoms with E-state index in [1.807, 2.05) is 0 Å². The molecule has 2 aliphatic rings. The third-order valence-electron chi connectivity index (χ3n) is 3.82. The van der Waals surface area contributed by atoms with Crippen molar-refractivity contribution < 1.29 is 19.4 Å². The van der Waals surface area contributed by atoms with Gasteiger partial charge in [0, 0.05) is 30.1 Å². The Bertz CT molecular complexity index is 245. The van der Waals surface area contributed by atoms with Crippen molar-refractivity contribution in [2.75, 3.05) is 5.75 Å². The minimum Gasteiger partial charge on any atom is -0.299 e. The molecule has 4 nitrogen and oxygen atoms in total. The quantitative estimate of drug-likeness (QED) is 0.339. The topological polar surface area (TPSA) is 55.8 Å². The van der Waals surface area contributed by atoms with Crippen molar-refractivity contribution in [1.82, 2.24) is 0 Å². The first kappa shape index (κ1) is 10.4. The number of Topliss-reactive ketones (excluding diaryl/α,β-unsaturated/α-hetero) is 1. The molecule has 2 saturated carbocycles. The van der Waals surface area contributed by atoms with Crippen LogP contribution in [0.3, 0.4) is 0 Å². The Morgan fingerprint density at radius 3 is 2.93 bits per heavy atom. The van der Waals surface area contributed by atoms with Gasteiger partial charge in [0.15, 0.2) is 0 Å². The first-order chi connectivity index (χ1) is 6.68. The van der Waals surface area contributed by atoms with Crippen molar-refractivity contribution in [3.63, 3.8) is 0 Å². The minimum atomic E-state index is 0.0419. The van der Waals surface area contributed by atoms with E-state index in [0.29, 0.717) is 17.5 Å². The van der Waals surface area contributed by atoms with Crippen LogP contribution in [0.15, 0.2) is 0 Å². The summed E-state index contributed by atoms with van der Waals surface area (Å²) in [7, 11) is 0. The molecule has 0 aliphatic heterocycles. The van der Waals surface area contributed by atoms with Crippen LogP contribution in [0.1, 0.15) is 26.2 Å². The van der Waals surface area contributed by atoms with E-state index in [1.165, 1.54) is 0 Å². The van der Waals surface area contributed by atoms with E-state index >= 15 is 0 Å².